The first-order valence-electron chi connectivity index (χ1n) is 9.91. The molecule has 3 atom stereocenters. The van der Waals surface area contributed by atoms with Crippen molar-refractivity contribution < 1.29 is 4.79 Å². The third-order valence-electron chi connectivity index (χ3n) is 5.63. The van der Waals surface area contributed by atoms with Crippen LogP contribution in [0.2, 0.25) is 0 Å². The van der Waals surface area contributed by atoms with Gasteiger partial charge in [0.15, 0.2) is 0 Å². The molecule has 3 rings (SSSR count). The molecule has 5 heteroatoms. The molecule has 26 heavy (non-hydrogen) atoms. The second kappa shape index (κ2) is 10.3. The summed E-state index contributed by atoms with van der Waals surface area (Å²) >= 11 is 0. The Labute approximate surface area is 164 Å². The molecule has 2 heterocycles. The van der Waals surface area contributed by atoms with E-state index in [1.54, 1.807) is 0 Å². The van der Waals surface area contributed by atoms with Gasteiger partial charge in [-0.2, -0.15) is 0 Å². The largest absolute Gasteiger partial charge is 0.352 e. The maximum Gasteiger partial charge on any atom is 0.223 e. The van der Waals surface area contributed by atoms with E-state index in [9.17, 15) is 4.79 Å². The van der Waals surface area contributed by atoms with Crippen molar-refractivity contribution in [2.75, 3.05) is 19.6 Å². The van der Waals surface area contributed by atoms with Crippen molar-refractivity contribution in [3.8, 4) is 0 Å². The van der Waals surface area contributed by atoms with Crippen LogP contribution in [0.4, 0.5) is 0 Å². The van der Waals surface area contributed by atoms with Gasteiger partial charge < -0.3 is 10.6 Å². The number of carbonyl (C=O) groups excluding carboxylic acids is 1. The van der Waals surface area contributed by atoms with Crippen LogP contribution in [0.5, 0.6) is 0 Å². The normalized spacial score (nSPS) is 26.8. The number of halogens is 1. The third kappa shape index (κ3) is 6.26. The molecule has 1 amide bonds. The summed E-state index contributed by atoms with van der Waals surface area (Å²) in [6.07, 6.45) is 4.58. The molecule has 0 spiro atoms. The van der Waals surface area contributed by atoms with E-state index in [0.29, 0.717) is 12.6 Å². The smallest absolute Gasteiger partial charge is 0.223 e. The SMILES string of the molecule is CC1CCCN(Cc2ccc(CNC(=O)[C@H]3CCN[C@@H](C)C3)cc2)C1.Cl. The van der Waals surface area contributed by atoms with Crippen molar-refractivity contribution in [3.63, 3.8) is 0 Å². The summed E-state index contributed by atoms with van der Waals surface area (Å²) < 4.78 is 0. The average Bonchev–Trinajstić information content (AvgIpc) is 2.61. The summed E-state index contributed by atoms with van der Waals surface area (Å²) in [6, 6.07) is 9.20. The lowest BCUT2D eigenvalue weighted by molar-refractivity contribution is -0.126. The van der Waals surface area contributed by atoms with Gasteiger partial charge in [-0.1, -0.05) is 31.2 Å². The minimum absolute atomic E-state index is 0. The number of likely N-dealkylation sites (tertiary alicyclic amines) is 1. The van der Waals surface area contributed by atoms with Gasteiger partial charge in [0.25, 0.3) is 0 Å². The van der Waals surface area contributed by atoms with Gasteiger partial charge >= 0.3 is 0 Å². The van der Waals surface area contributed by atoms with Crippen molar-refractivity contribution in [2.24, 2.45) is 11.8 Å². The van der Waals surface area contributed by atoms with E-state index in [4.69, 9.17) is 0 Å². The van der Waals surface area contributed by atoms with E-state index < -0.39 is 0 Å². The van der Waals surface area contributed by atoms with Gasteiger partial charge in [0, 0.05) is 31.6 Å². The molecular formula is C21H34ClN3O. The molecule has 2 saturated heterocycles. The van der Waals surface area contributed by atoms with Crippen LogP contribution in [0.1, 0.15) is 50.7 Å². The Hall–Kier alpha value is -1.10. The zero-order valence-corrected chi connectivity index (χ0v) is 17.0. The highest BCUT2D eigenvalue weighted by molar-refractivity contribution is 5.85. The van der Waals surface area contributed by atoms with Crippen LogP contribution in [-0.2, 0) is 17.9 Å². The summed E-state index contributed by atoms with van der Waals surface area (Å²) in [6.45, 7) is 9.57. The van der Waals surface area contributed by atoms with Gasteiger partial charge in [0.05, 0.1) is 0 Å². The van der Waals surface area contributed by atoms with Crippen LogP contribution in [0.15, 0.2) is 24.3 Å². The second-order valence-corrected chi connectivity index (χ2v) is 8.09. The van der Waals surface area contributed by atoms with E-state index in [1.807, 2.05) is 0 Å². The number of hydrogen-bond acceptors (Lipinski definition) is 3. The molecule has 2 N–H and O–H groups in total. The van der Waals surface area contributed by atoms with Crippen LogP contribution in [-0.4, -0.2) is 36.5 Å². The molecule has 2 aliphatic rings. The molecule has 146 valence electrons. The summed E-state index contributed by atoms with van der Waals surface area (Å²) in [5.74, 6) is 1.19. The third-order valence-corrected chi connectivity index (χ3v) is 5.63. The molecule has 1 aromatic rings. The maximum atomic E-state index is 12.3. The summed E-state index contributed by atoms with van der Waals surface area (Å²) in [7, 11) is 0. The van der Waals surface area contributed by atoms with Crippen LogP contribution in [0, 0.1) is 11.8 Å². The van der Waals surface area contributed by atoms with Crippen LogP contribution in [0.25, 0.3) is 0 Å². The molecule has 0 bridgehead atoms. The summed E-state index contributed by atoms with van der Waals surface area (Å²) in [4.78, 5) is 14.9. The zero-order chi connectivity index (χ0) is 17.6. The van der Waals surface area contributed by atoms with Gasteiger partial charge in [-0.25, -0.2) is 0 Å². The lowest BCUT2D eigenvalue weighted by atomic mass is 9.92. The van der Waals surface area contributed by atoms with E-state index >= 15 is 0 Å². The molecule has 4 nitrogen and oxygen atoms in total. The summed E-state index contributed by atoms with van der Waals surface area (Å²) in [5.41, 5.74) is 2.56. The summed E-state index contributed by atoms with van der Waals surface area (Å²) in [5, 5.41) is 6.52. The first-order valence-corrected chi connectivity index (χ1v) is 9.91. The fourth-order valence-corrected chi connectivity index (χ4v) is 4.15. The van der Waals surface area contributed by atoms with Crippen molar-refractivity contribution >= 4 is 18.3 Å². The van der Waals surface area contributed by atoms with Crippen LogP contribution >= 0.6 is 12.4 Å². The lowest BCUT2D eigenvalue weighted by Crippen LogP contribution is -2.42. The highest BCUT2D eigenvalue weighted by atomic mass is 35.5. The number of nitrogens with one attached hydrogen (secondary N) is 2. The highest BCUT2D eigenvalue weighted by Gasteiger charge is 2.24. The first-order chi connectivity index (χ1) is 12.1. The topological polar surface area (TPSA) is 44.4 Å². The maximum absolute atomic E-state index is 12.3. The molecule has 0 aliphatic carbocycles. The van der Waals surface area contributed by atoms with E-state index in [0.717, 1.165) is 31.8 Å². The van der Waals surface area contributed by atoms with Gasteiger partial charge in [0.1, 0.15) is 0 Å². The molecule has 2 aliphatic heterocycles. The van der Waals surface area contributed by atoms with Crippen molar-refractivity contribution in [2.45, 2.75) is 58.7 Å². The minimum atomic E-state index is 0. The van der Waals surface area contributed by atoms with E-state index in [2.05, 4.69) is 53.6 Å². The number of carbonyl (C=O) groups is 1. The van der Waals surface area contributed by atoms with Gasteiger partial charge in [-0.05, 0) is 62.7 Å². The molecule has 0 radical (unpaired) electrons. The quantitative estimate of drug-likeness (QED) is 0.824. The van der Waals surface area contributed by atoms with Crippen molar-refractivity contribution in [1.82, 2.24) is 15.5 Å². The van der Waals surface area contributed by atoms with Crippen molar-refractivity contribution in [1.29, 1.82) is 0 Å². The number of nitrogens with zero attached hydrogens (tertiary/aromatic N) is 1. The number of piperidine rings is 2. The van der Waals surface area contributed by atoms with Crippen molar-refractivity contribution in [3.05, 3.63) is 35.4 Å². The Morgan fingerprint density at radius 2 is 1.92 bits per heavy atom. The van der Waals surface area contributed by atoms with E-state index in [-0.39, 0.29) is 24.2 Å². The number of rotatable bonds is 5. The standard InChI is InChI=1S/C21H33N3O.ClH/c1-16-4-3-11-24(14-16)15-19-7-5-18(6-8-19)13-23-21(25)20-9-10-22-17(2)12-20;/h5-8,16-17,20,22H,3-4,9-15H2,1-2H3,(H,23,25);1H/t16?,17-,20-;/m0./s1. The second-order valence-electron chi connectivity index (χ2n) is 8.09. The molecule has 0 aromatic heterocycles. The Morgan fingerprint density at radius 3 is 2.62 bits per heavy atom. The molecule has 0 saturated carbocycles. The van der Waals surface area contributed by atoms with Gasteiger partial charge in [-0.3, -0.25) is 9.69 Å². The number of hydrogen-bond donors (Lipinski definition) is 2. The number of benzene rings is 1. The molecule has 2 fully saturated rings. The molecule has 1 aromatic carbocycles. The van der Waals surface area contributed by atoms with Crippen LogP contribution < -0.4 is 10.6 Å². The Balaban J connectivity index is 0.00000243. The predicted molar refractivity (Wildman–Crippen MR) is 109 cm³/mol. The van der Waals surface area contributed by atoms with Crippen LogP contribution in [0.3, 0.4) is 0 Å². The van der Waals surface area contributed by atoms with E-state index in [1.165, 1.54) is 37.1 Å². The molecular weight excluding hydrogens is 346 g/mol. The van der Waals surface area contributed by atoms with Gasteiger partial charge in [-0.15, -0.1) is 12.4 Å². The Bertz CT molecular complexity index is 563. The minimum Gasteiger partial charge on any atom is -0.352 e. The fourth-order valence-electron chi connectivity index (χ4n) is 4.15. The zero-order valence-electron chi connectivity index (χ0n) is 16.2. The lowest BCUT2D eigenvalue weighted by Gasteiger charge is -2.30. The Kier molecular flexibility index (Phi) is 8.39. The monoisotopic (exact) mass is 379 g/mol. The predicted octanol–water partition coefficient (Wildman–Crippen LogP) is 3.34. The first kappa shape index (κ1) is 21.2. The fraction of sp³-hybridized carbons (Fsp3) is 0.667. The average molecular weight is 380 g/mol. The highest BCUT2D eigenvalue weighted by Crippen LogP contribution is 2.18. The Morgan fingerprint density at radius 1 is 1.19 bits per heavy atom. The van der Waals surface area contributed by atoms with Gasteiger partial charge in [0.2, 0.25) is 5.91 Å². The number of amides is 1. The molecule has 1 unspecified atom stereocenters.